The largest absolute Gasteiger partial charge is 0.399 e. The third-order valence-corrected chi connectivity index (χ3v) is 6.64. The van der Waals surface area contributed by atoms with Crippen LogP contribution in [0.1, 0.15) is 30.9 Å². The Morgan fingerprint density at radius 3 is 2.62 bits per heavy atom. The van der Waals surface area contributed by atoms with E-state index < -0.39 is 0 Å². The molecule has 2 aliphatic rings. The average molecular weight is 525 g/mol. The highest BCUT2D eigenvalue weighted by molar-refractivity contribution is 6.05. The maximum Gasteiger partial charge on any atom is 0.321 e. The van der Waals surface area contributed by atoms with Crippen LogP contribution >= 0.6 is 0 Å². The van der Waals surface area contributed by atoms with Crippen LogP contribution in [0.25, 0.3) is 17.2 Å². The van der Waals surface area contributed by atoms with Crippen molar-refractivity contribution in [2.45, 2.75) is 26.4 Å². The number of benzene rings is 3. The molecule has 3 aromatic rings. The summed E-state index contributed by atoms with van der Waals surface area (Å²) in [6.07, 6.45) is 2.79. The molecule has 0 radical (unpaired) electrons. The van der Waals surface area contributed by atoms with Crippen molar-refractivity contribution >= 4 is 40.9 Å². The molecule has 5 N–H and O–H groups in total. The van der Waals surface area contributed by atoms with Gasteiger partial charge < -0.3 is 16.8 Å². The van der Waals surface area contributed by atoms with E-state index in [2.05, 4.69) is 10.3 Å². The summed E-state index contributed by atoms with van der Waals surface area (Å²) in [4.78, 5) is 37.9. The van der Waals surface area contributed by atoms with Gasteiger partial charge in [0, 0.05) is 48.6 Å². The Bertz CT molecular complexity index is 1450. The predicted molar refractivity (Wildman–Crippen MR) is 154 cm³/mol. The Morgan fingerprint density at radius 1 is 1.08 bits per heavy atom. The zero-order valence-corrected chi connectivity index (χ0v) is 21.9. The fraction of sp³-hybridized carbons (Fsp3) is 0.233. The fourth-order valence-corrected chi connectivity index (χ4v) is 4.63. The molecular weight excluding hydrogens is 492 g/mol. The molecule has 2 heterocycles. The first kappa shape index (κ1) is 26.0. The van der Waals surface area contributed by atoms with E-state index >= 15 is 0 Å². The van der Waals surface area contributed by atoms with E-state index in [9.17, 15) is 9.59 Å². The van der Waals surface area contributed by atoms with Crippen molar-refractivity contribution in [3.05, 3.63) is 83.4 Å². The Hall–Kier alpha value is -4.63. The Balaban J connectivity index is 1.38. The number of hydrogen-bond acceptors (Lipinski definition) is 6. The summed E-state index contributed by atoms with van der Waals surface area (Å²) in [5, 5.41) is 4.23. The standard InChI is InChI=1S/C30H32N6O3/c1-2-13-36(39-19-20-6-10-25(31)11-7-20)29(37)24-15-23-9-8-22(17-27(23)34-28(32)18-24)21-4-3-5-26(16-21)35-14-12-33-30(35)38/h3-11,15-17H,2,12-14,18-19,31H2,1H3,(H2,32,34)(H,33,38). The topological polar surface area (TPSA) is 126 Å². The minimum Gasteiger partial charge on any atom is -0.399 e. The lowest BCUT2D eigenvalue weighted by molar-refractivity contribution is -0.187. The molecule has 39 heavy (non-hydrogen) atoms. The van der Waals surface area contributed by atoms with Crippen LogP contribution in [-0.2, 0) is 16.2 Å². The molecule has 3 aromatic carbocycles. The Kier molecular flexibility index (Phi) is 7.60. The van der Waals surface area contributed by atoms with Crippen molar-refractivity contribution in [3.8, 4) is 11.1 Å². The van der Waals surface area contributed by atoms with Gasteiger partial charge in [0.2, 0.25) is 0 Å². The van der Waals surface area contributed by atoms with Gasteiger partial charge in [-0.2, -0.15) is 0 Å². The number of anilines is 2. The number of nitrogens with zero attached hydrogens (tertiary/aromatic N) is 3. The minimum absolute atomic E-state index is 0.0941. The summed E-state index contributed by atoms with van der Waals surface area (Å²) in [5.74, 6) is 0.113. The normalized spacial score (nSPS) is 14.7. The molecule has 5 rings (SSSR count). The summed E-state index contributed by atoms with van der Waals surface area (Å²) < 4.78 is 0. The number of carbonyl (C=O) groups excluding carboxylic acids is 2. The zero-order valence-electron chi connectivity index (χ0n) is 21.9. The van der Waals surface area contributed by atoms with Crippen LogP contribution in [0.3, 0.4) is 0 Å². The maximum atomic E-state index is 13.5. The molecule has 2 aliphatic heterocycles. The molecule has 0 aliphatic carbocycles. The van der Waals surface area contributed by atoms with Gasteiger partial charge in [-0.25, -0.2) is 14.9 Å². The molecule has 1 fully saturated rings. The lowest BCUT2D eigenvalue weighted by atomic mass is 10.0. The first-order chi connectivity index (χ1) is 18.9. The summed E-state index contributed by atoms with van der Waals surface area (Å²) in [6, 6.07) is 21.0. The summed E-state index contributed by atoms with van der Waals surface area (Å²) in [6.45, 7) is 3.95. The number of urea groups is 1. The van der Waals surface area contributed by atoms with E-state index in [4.69, 9.17) is 16.3 Å². The summed E-state index contributed by atoms with van der Waals surface area (Å²) in [7, 11) is 0. The highest BCUT2D eigenvalue weighted by Gasteiger charge is 2.23. The molecule has 9 heteroatoms. The summed E-state index contributed by atoms with van der Waals surface area (Å²) >= 11 is 0. The number of nitrogens with one attached hydrogen (secondary N) is 1. The highest BCUT2D eigenvalue weighted by atomic mass is 16.7. The molecule has 200 valence electrons. The monoisotopic (exact) mass is 524 g/mol. The van der Waals surface area contributed by atoms with Crippen LogP contribution in [0.4, 0.5) is 21.9 Å². The second-order valence-electron chi connectivity index (χ2n) is 9.58. The zero-order chi connectivity index (χ0) is 27.4. The Labute approximate surface area is 227 Å². The van der Waals surface area contributed by atoms with Crippen molar-refractivity contribution < 1.29 is 14.4 Å². The number of fused-ring (bicyclic) bond motifs is 1. The van der Waals surface area contributed by atoms with Crippen molar-refractivity contribution in [1.82, 2.24) is 10.4 Å². The first-order valence-electron chi connectivity index (χ1n) is 13.0. The van der Waals surface area contributed by atoms with Crippen LogP contribution in [0.2, 0.25) is 0 Å². The predicted octanol–water partition coefficient (Wildman–Crippen LogP) is 4.61. The van der Waals surface area contributed by atoms with Gasteiger partial charge in [-0.05, 0) is 59.5 Å². The van der Waals surface area contributed by atoms with Crippen LogP contribution < -0.4 is 21.7 Å². The van der Waals surface area contributed by atoms with Gasteiger partial charge >= 0.3 is 6.03 Å². The van der Waals surface area contributed by atoms with Gasteiger partial charge in [0.05, 0.1) is 5.69 Å². The van der Waals surface area contributed by atoms with Crippen molar-refractivity contribution in [2.75, 3.05) is 30.3 Å². The van der Waals surface area contributed by atoms with Gasteiger partial charge in [0.15, 0.2) is 0 Å². The van der Waals surface area contributed by atoms with E-state index in [1.54, 1.807) is 17.0 Å². The van der Waals surface area contributed by atoms with Gasteiger partial charge in [0.1, 0.15) is 12.4 Å². The van der Waals surface area contributed by atoms with Gasteiger partial charge in [-0.1, -0.05) is 43.3 Å². The fourth-order valence-electron chi connectivity index (χ4n) is 4.63. The number of rotatable bonds is 8. The number of hydroxylamine groups is 2. The smallest absolute Gasteiger partial charge is 0.321 e. The van der Waals surface area contributed by atoms with E-state index in [1.807, 2.05) is 67.6 Å². The molecule has 3 amide bonds. The second-order valence-corrected chi connectivity index (χ2v) is 9.58. The third-order valence-electron chi connectivity index (χ3n) is 6.64. The second kappa shape index (κ2) is 11.4. The Morgan fingerprint density at radius 2 is 1.87 bits per heavy atom. The number of nitrogens with two attached hydrogens (primary N) is 2. The third kappa shape index (κ3) is 5.94. The van der Waals surface area contributed by atoms with Crippen LogP contribution in [-0.4, -0.2) is 42.5 Å². The number of hydrogen-bond donors (Lipinski definition) is 3. The van der Waals surface area contributed by atoms with Crippen LogP contribution in [0, 0.1) is 0 Å². The average Bonchev–Trinajstić information content (AvgIpc) is 3.29. The maximum absolute atomic E-state index is 13.5. The van der Waals surface area contributed by atoms with Gasteiger partial charge in [0.25, 0.3) is 5.91 Å². The number of amides is 3. The number of amidine groups is 1. The minimum atomic E-state index is -0.237. The molecular formula is C30H32N6O3. The molecule has 0 atom stereocenters. The van der Waals surface area contributed by atoms with E-state index in [0.717, 1.165) is 34.4 Å². The lowest BCUT2D eigenvalue weighted by Crippen LogP contribution is -2.34. The SMILES string of the molecule is CCCN(OCc1ccc(N)cc1)C(=O)C1=Cc2ccc(-c3cccc(N4CCNC4=O)c3)cc2N=C(N)C1. The van der Waals surface area contributed by atoms with E-state index in [0.29, 0.717) is 42.4 Å². The molecule has 0 aromatic heterocycles. The van der Waals surface area contributed by atoms with Gasteiger partial charge in [-0.3, -0.25) is 14.5 Å². The lowest BCUT2D eigenvalue weighted by Gasteiger charge is -2.22. The van der Waals surface area contributed by atoms with Gasteiger partial charge in [-0.15, -0.1) is 0 Å². The quantitative estimate of drug-likeness (QED) is 0.293. The van der Waals surface area contributed by atoms with E-state index in [1.165, 1.54) is 5.06 Å². The number of nitrogen functional groups attached to an aromatic ring is 1. The molecule has 1 saturated heterocycles. The van der Waals surface area contributed by atoms with Crippen molar-refractivity contribution in [2.24, 2.45) is 10.7 Å². The summed E-state index contributed by atoms with van der Waals surface area (Å²) in [5.41, 5.74) is 18.4. The van der Waals surface area contributed by atoms with Crippen LogP contribution in [0.15, 0.2) is 77.3 Å². The molecule has 0 unspecified atom stereocenters. The number of aliphatic imine (C=N–C) groups is 1. The molecule has 0 saturated carbocycles. The first-order valence-corrected chi connectivity index (χ1v) is 13.0. The molecule has 0 spiro atoms. The van der Waals surface area contributed by atoms with Crippen LogP contribution in [0.5, 0.6) is 0 Å². The van der Waals surface area contributed by atoms with Crippen molar-refractivity contribution in [1.29, 1.82) is 0 Å². The molecule has 9 nitrogen and oxygen atoms in total. The van der Waals surface area contributed by atoms with Crippen molar-refractivity contribution in [3.63, 3.8) is 0 Å². The molecule has 0 bridgehead atoms. The number of carbonyl (C=O) groups is 2. The van der Waals surface area contributed by atoms with E-state index in [-0.39, 0.29) is 25.0 Å². The highest BCUT2D eigenvalue weighted by Crippen LogP contribution is 2.33.